The first-order chi connectivity index (χ1) is 5.04. The van der Waals surface area contributed by atoms with Crippen LogP contribution >= 0.6 is 12.4 Å². The summed E-state index contributed by atoms with van der Waals surface area (Å²) < 4.78 is 0. The molecule has 0 saturated heterocycles. The third-order valence-electron chi connectivity index (χ3n) is 1.05. The number of hydrogen-bond acceptors (Lipinski definition) is 3. The minimum absolute atomic E-state index is 0. The van der Waals surface area contributed by atoms with E-state index >= 15 is 0 Å². The van der Waals surface area contributed by atoms with Crippen LogP contribution in [0, 0.1) is 0 Å². The molecular formula is C5H13ClN4O2. The highest BCUT2D eigenvalue weighted by molar-refractivity contribution is 5.85. The van der Waals surface area contributed by atoms with Gasteiger partial charge < -0.3 is 22.3 Å². The first-order valence-electron chi connectivity index (χ1n) is 3.08. The van der Waals surface area contributed by atoms with Crippen molar-refractivity contribution in [2.45, 2.75) is 12.5 Å². The molecule has 0 spiro atoms. The maximum atomic E-state index is 10.1. The second kappa shape index (κ2) is 6.68. The van der Waals surface area contributed by atoms with E-state index in [1.165, 1.54) is 0 Å². The molecule has 0 fully saturated rings. The Kier molecular flexibility index (Phi) is 7.56. The van der Waals surface area contributed by atoms with Crippen LogP contribution in [0.15, 0.2) is 4.99 Å². The standard InChI is InChI=1S/C5H12N4O2.ClH/c6-3(4(10)11)1-2-9-5(7)8;/h3H,1-2,6H2,(H,10,11)(H4,7,8,9);1H/t3-;/m0./s1. The number of hydrogen-bond donors (Lipinski definition) is 4. The number of rotatable bonds is 4. The summed E-state index contributed by atoms with van der Waals surface area (Å²) in [7, 11) is 0. The Morgan fingerprint density at radius 1 is 1.50 bits per heavy atom. The minimum atomic E-state index is -1.05. The highest BCUT2D eigenvalue weighted by atomic mass is 35.5. The second-order valence-corrected chi connectivity index (χ2v) is 2.04. The summed E-state index contributed by atoms with van der Waals surface area (Å²) in [6.45, 7) is 0.246. The fourth-order valence-electron chi connectivity index (χ4n) is 0.456. The molecule has 0 saturated carbocycles. The maximum Gasteiger partial charge on any atom is 0.320 e. The molecule has 0 amide bonds. The van der Waals surface area contributed by atoms with Gasteiger partial charge in [0.2, 0.25) is 0 Å². The highest BCUT2D eigenvalue weighted by Gasteiger charge is 2.09. The highest BCUT2D eigenvalue weighted by Crippen LogP contribution is 1.87. The summed E-state index contributed by atoms with van der Waals surface area (Å²) in [5, 5.41) is 8.31. The van der Waals surface area contributed by atoms with Crippen LogP contribution in [-0.4, -0.2) is 29.6 Å². The number of carboxylic acids is 1. The molecule has 72 valence electrons. The zero-order valence-corrected chi connectivity index (χ0v) is 7.25. The molecule has 0 aliphatic heterocycles. The van der Waals surface area contributed by atoms with Gasteiger partial charge in [-0.2, -0.15) is 0 Å². The van der Waals surface area contributed by atoms with E-state index in [1.807, 2.05) is 0 Å². The zero-order valence-electron chi connectivity index (χ0n) is 6.43. The average molecular weight is 197 g/mol. The Hall–Kier alpha value is -1.01. The van der Waals surface area contributed by atoms with Crippen LogP contribution in [0.3, 0.4) is 0 Å². The molecule has 0 unspecified atom stereocenters. The number of nitrogens with zero attached hydrogens (tertiary/aromatic N) is 1. The Bertz CT molecular complexity index is 169. The van der Waals surface area contributed by atoms with Crippen molar-refractivity contribution in [2.24, 2.45) is 22.2 Å². The Morgan fingerprint density at radius 2 is 2.00 bits per heavy atom. The monoisotopic (exact) mass is 196 g/mol. The van der Waals surface area contributed by atoms with Crippen molar-refractivity contribution in [1.29, 1.82) is 0 Å². The molecule has 0 aliphatic rings. The SMILES string of the molecule is Cl.NC(N)=NCC[C@H](N)C(=O)O. The van der Waals surface area contributed by atoms with Crippen LogP contribution in [0.2, 0.25) is 0 Å². The van der Waals surface area contributed by atoms with Gasteiger partial charge >= 0.3 is 5.97 Å². The molecule has 0 aromatic carbocycles. The maximum absolute atomic E-state index is 10.1. The molecule has 12 heavy (non-hydrogen) atoms. The van der Waals surface area contributed by atoms with Gasteiger partial charge in [-0.25, -0.2) is 0 Å². The largest absolute Gasteiger partial charge is 0.480 e. The zero-order chi connectivity index (χ0) is 8.85. The molecule has 0 aromatic heterocycles. The quantitative estimate of drug-likeness (QED) is 0.321. The third-order valence-corrected chi connectivity index (χ3v) is 1.05. The summed E-state index contributed by atoms with van der Waals surface area (Å²) in [6, 6.07) is -0.891. The number of aliphatic imine (C=N–C) groups is 1. The number of carbonyl (C=O) groups is 1. The van der Waals surface area contributed by atoms with E-state index in [9.17, 15) is 4.79 Å². The summed E-state index contributed by atoms with van der Waals surface area (Å²) in [5.74, 6) is -1.10. The smallest absolute Gasteiger partial charge is 0.320 e. The lowest BCUT2D eigenvalue weighted by atomic mass is 10.2. The van der Waals surface area contributed by atoms with Gasteiger partial charge in [-0.05, 0) is 6.42 Å². The van der Waals surface area contributed by atoms with Gasteiger partial charge in [-0.15, -0.1) is 12.4 Å². The van der Waals surface area contributed by atoms with E-state index in [1.54, 1.807) is 0 Å². The van der Waals surface area contributed by atoms with Crippen LogP contribution < -0.4 is 17.2 Å². The Morgan fingerprint density at radius 3 is 2.33 bits per heavy atom. The van der Waals surface area contributed by atoms with Crippen molar-refractivity contribution in [3.63, 3.8) is 0 Å². The summed E-state index contributed by atoms with van der Waals surface area (Å²) in [5.41, 5.74) is 15.1. The molecule has 0 heterocycles. The normalized spacial score (nSPS) is 11.1. The molecular weight excluding hydrogens is 184 g/mol. The number of carboxylic acid groups (broad SMARTS) is 1. The van der Waals surface area contributed by atoms with Gasteiger partial charge in [-0.3, -0.25) is 9.79 Å². The number of nitrogens with two attached hydrogens (primary N) is 3. The molecule has 7 heteroatoms. The van der Waals surface area contributed by atoms with Crippen LogP contribution in [0.25, 0.3) is 0 Å². The fraction of sp³-hybridized carbons (Fsp3) is 0.600. The minimum Gasteiger partial charge on any atom is -0.480 e. The molecule has 7 N–H and O–H groups in total. The van der Waals surface area contributed by atoms with Crippen LogP contribution in [-0.2, 0) is 4.79 Å². The number of halogens is 1. The van der Waals surface area contributed by atoms with E-state index in [-0.39, 0.29) is 31.3 Å². The summed E-state index contributed by atoms with van der Waals surface area (Å²) in [4.78, 5) is 13.7. The summed E-state index contributed by atoms with van der Waals surface area (Å²) >= 11 is 0. The van der Waals surface area contributed by atoms with Gasteiger partial charge in [0.25, 0.3) is 0 Å². The summed E-state index contributed by atoms with van der Waals surface area (Å²) in [6.07, 6.45) is 0.243. The topological polar surface area (TPSA) is 128 Å². The van der Waals surface area contributed by atoms with Crippen LogP contribution in [0.1, 0.15) is 6.42 Å². The lowest BCUT2D eigenvalue weighted by Crippen LogP contribution is -2.31. The van der Waals surface area contributed by atoms with Crippen molar-refractivity contribution < 1.29 is 9.90 Å². The van der Waals surface area contributed by atoms with Gasteiger partial charge in [0.05, 0.1) is 0 Å². The van der Waals surface area contributed by atoms with E-state index < -0.39 is 12.0 Å². The molecule has 1 atom stereocenters. The number of guanidine groups is 1. The van der Waals surface area contributed by atoms with Gasteiger partial charge in [-0.1, -0.05) is 0 Å². The first-order valence-corrected chi connectivity index (χ1v) is 3.08. The van der Waals surface area contributed by atoms with E-state index in [4.69, 9.17) is 22.3 Å². The lowest BCUT2D eigenvalue weighted by Gasteiger charge is -2.02. The lowest BCUT2D eigenvalue weighted by molar-refractivity contribution is -0.138. The van der Waals surface area contributed by atoms with Crippen molar-refractivity contribution in [2.75, 3.05) is 6.54 Å². The van der Waals surface area contributed by atoms with Crippen LogP contribution in [0.5, 0.6) is 0 Å². The average Bonchev–Trinajstić information content (AvgIpc) is 1.86. The van der Waals surface area contributed by atoms with Gasteiger partial charge in [0.1, 0.15) is 6.04 Å². The Balaban J connectivity index is 0. The first kappa shape index (κ1) is 13.6. The Labute approximate surface area is 76.2 Å². The predicted octanol–water partition coefficient (Wildman–Crippen LogP) is -1.52. The van der Waals surface area contributed by atoms with Crippen molar-refractivity contribution >= 4 is 24.3 Å². The van der Waals surface area contributed by atoms with Crippen molar-refractivity contribution in [3.05, 3.63) is 0 Å². The molecule has 0 bridgehead atoms. The molecule has 0 rings (SSSR count). The molecule has 0 aromatic rings. The van der Waals surface area contributed by atoms with Crippen LogP contribution in [0.4, 0.5) is 0 Å². The third kappa shape index (κ3) is 7.10. The van der Waals surface area contributed by atoms with E-state index in [2.05, 4.69) is 4.99 Å². The predicted molar refractivity (Wildman–Crippen MR) is 48.2 cm³/mol. The van der Waals surface area contributed by atoms with E-state index in [0.29, 0.717) is 0 Å². The molecule has 6 nitrogen and oxygen atoms in total. The van der Waals surface area contributed by atoms with Crippen molar-refractivity contribution in [1.82, 2.24) is 0 Å². The van der Waals surface area contributed by atoms with Crippen molar-refractivity contribution in [3.8, 4) is 0 Å². The van der Waals surface area contributed by atoms with E-state index in [0.717, 1.165) is 0 Å². The number of aliphatic carboxylic acids is 1. The fourth-order valence-corrected chi connectivity index (χ4v) is 0.456. The van der Waals surface area contributed by atoms with Gasteiger partial charge in [0, 0.05) is 6.54 Å². The second-order valence-electron chi connectivity index (χ2n) is 2.04. The molecule has 0 radical (unpaired) electrons. The molecule has 0 aliphatic carbocycles. The van der Waals surface area contributed by atoms with Gasteiger partial charge in [0.15, 0.2) is 5.96 Å².